The molecular formula is C12H10N2S. The molecule has 1 N–H and O–H groups in total. The lowest BCUT2D eigenvalue weighted by Gasteiger charge is -1.95. The standard InChI is InChI=1S/C12H10N2S/c1-8-2-3-11-9(6-8)10(7-14-11)12-13-4-5-15-12/h2-7,14H,1H3. The maximum atomic E-state index is 4.34. The molecule has 2 heterocycles. The monoisotopic (exact) mass is 214 g/mol. The fourth-order valence-electron chi connectivity index (χ4n) is 1.77. The summed E-state index contributed by atoms with van der Waals surface area (Å²) in [6.07, 6.45) is 3.87. The van der Waals surface area contributed by atoms with Crippen molar-refractivity contribution < 1.29 is 0 Å². The lowest BCUT2D eigenvalue weighted by molar-refractivity contribution is 1.41. The fourth-order valence-corrected chi connectivity index (χ4v) is 2.44. The number of aryl methyl sites for hydroxylation is 1. The molecule has 0 unspecified atom stereocenters. The second kappa shape index (κ2) is 3.21. The predicted octanol–water partition coefficient (Wildman–Crippen LogP) is 3.60. The van der Waals surface area contributed by atoms with Crippen molar-refractivity contribution >= 4 is 22.2 Å². The van der Waals surface area contributed by atoms with Gasteiger partial charge >= 0.3 is 0 Å². The van der Waals surface area contributed by atoms with E-state index < -0.39 is 0 Å². The quantitative estimate of drug-likeness (QED) is 0.658. The number of hydrogen-bond donors (Lipinski definition) is 1. The van der Waals surface area contributed by atoms with Gasteiger partial charge in [-0.05, 0) is 19.1 Å². The van der Waals surface area contributed by atoms with Gasteiger partial charge in [0.05, 0.1) is 0 Å². The Morgan fingerprint density at radius 3 is 3.07 bits per heavy atom. The number of fused-ring (bicyclic) bond motifs is 1. The Morgan fingerprint density at radius 2 is 2.27 bits per heavy atom. The van der Waals surface area contributed by atoms with Crippen LogP contribution in [0.5, 0.6) is 0 Å². The first-order valence-corrected chi connectivity index (χ1v) is 5.70. The van der Waals surface area contributed by atoms with E-state index in [-0.39, 0.29) is 0 Å². The molecule has 3 aromatic rings. The maximum Gasteiger partial charge on any atom is 0.125 e. The van der Waals surface area contributed by atoms with E-state index in [1.54, 1.807) is 11.3 Å². The number of hydrogen-bond acceptors (Lipinski definition) is 2. The molecule has 3 rings (SSSR count). The first-order valence-electron chi connectivity index (χ1n) is 4.82. The minimum absolute atomic E-state index is 1.08. The van der Waals surface area contributed by atoms with Crippen LogP contribution in [0, 0.1) is 6.92 Å². The Morgan fingerprint density at radius 1 is 1.33 bits per heavy atom. The molecule has 2 nitrogen and oxygen atoms in total. The van der Waals surface area contributed by atoms with Crippen molar-refractivity contribution in [3.05, 3.63) is 41.5 Å². The molecule has 1 aromatic carbocycles. The number of aromatic amines is 1. The normalized spacial score (nSPS) is 11.0. The van der Waals surface area contributed by atoms with Crippen molar-refractivity contribution in [1.29, 1.82) is 0 Å². The van der Waals surface area contributed by atoms with Gasteiger partial charge in [0.15, 0.2) is 0 Å². The molecule has 0 bridgehead atoms. The van der Waals surface area contributed by atoms with Crippen LogP contribution in [0.2, 0.25) is 0 Å². The summed E-state index contributed by atoms with van der Waals surface area (Å²) in [7, 11) is 0. The highest BCUT2D eigenvalue weighted by atomic mass is 32.1. The lowest BCUT2D eigenvalue weighted by atomic mass is 10.1. The van der Waals surface area contributed by atoms with Crippen LogP contribution < -0.4 is 0 Å². The van der Waals surface area contributed by atoms with Crippen molar-refractivity contribution in [3.8, 4) is 10.6 Å². The first-order chi connectivity index (χ1) is 7.34. The van der Waals surface area contributed by atoms with Gasteiger partial charge in [-0.25, -0.2) is 4.98 Å². The second-order valence-corrected chi connectivity index (χ2v) is 4.48. The Balaban J connectivity index is 2.32. The van der Waals surface area contributed by atoms with Crippen LogP contribution in [0.25, 0.3) is 21.5 Å². The van der Waals surface area contributed by atoms with Gasteiger partial charge < -0.3 is 4.98 Å². The van der Waals surface area contributed by atoms with Gasteiger partial charge in [-0.3, -0.25) is 0 Å². The summed E-state index contributed by atoms with van der Waals surface area (Å²) in [5.74, 6) is 0. The SMILES string of the molecule is Cc1ccc2[nH]cc(-c3nccs3)c2c1. The van der Waals surface area contributed by atoms with Gasteiger partial charge in [-0.1, -0.05) is 11.6 Å². The highest BCUT2D eigenvalue weighted by Gasteiger charge is 2.07. The average molecular weight is 214 g/mol. The molecule has 0 fully saturated rings. The van der Waals surface area contributed by atoms with Gasteiger partial charge in [-0.2, -0.15) is 0 Å². The third-order valence-corrected chi connectivity index (χ3v) is 3.31. The molecule has 0 radical (unpaired) electrons. The highest BCUT2D eigenvalue weighted by Crippen LogP contribution is 2.30. The fraction of sp³-hybridized carbons (Fsp3) is 0.0833. The molecule has 0 aliphatic rings. The third-order valence-electron chi connectivity index (χ3n) is 2.50. The van der Waals surface area contributed by atoms with E-state index in [1.807, 2.05) is 17.8 Å². The van der Waals surface area contributed by atoms with E-state index in [0.717, 1.165) is 5.01 Å². The maximum absolute atomic E-state index is 4.34. The molecule has 0 atom stereocenters. The summed E-state index contributed by atoms with van der Waals surface area (Å²) in [6.45, 7) is 2.11. The number of nitrogens with one attached hydrogen (secondary N) is 1. The van der Waals surface area contributed by atoms with Crippen LogP contribution in [0.4, 0.5) is 0 Å². The van der Waals surface area contributed by atoms with E-state index in [4.69, 9.17) is 0 Å². The van der Waals surface area contributed by atoms with Crippen LogP contribution in [-0.2, 0) is 0 Å². The van der Waals surface area contributed by atoms with Gasteiger partial charge in [0.1, 0.15) is 5.01 Å². The topological polar surface area (TPSA) is 28.7 Å². The summed E-state index contributed by atoms with van der Waals surface area (Å²) in [6, 6.07) is 6.43. The minimum Gasteiger partial charge on any atom is -0.360 e. The van der Waals surface area contributed by atoms with E-state index in [1.165, 1.54) is 22.0 Å². The molecule has 3 heteroatoms. The molecular weight excluding hydrogens is 204 g/mol. The highest BCUT2D eigenvalue weighted by molar-refractivity contribution is 7.13. The summed E-state index contributed by atoms with van der Waals surface area (Å²) in [5.41, 5.74) is 3.65. The van der Waals surface area contributed by atoms with E-state index in [0.29, 0.717) is 0 Å². The number of H-pyrrole nitrogens is 1. The van der Waals surface area contributed by atoms with Crippen molar-refractivity contribution in [2.24, 2.45) is 0 Å². The largest absolute Gasteiger partial charge is 0.360 e. The first kappa shape index (κ1) is 8.68. The van der Waals surface area contributed by atoms with Crippen molar-refractivity contribution in [2.45, 2.75) is 6.92 Å². The summed E-state index contributed by atoms with van der Waals surface area (Å²) < 4.78 is 0. The Labute approximate surface area is 91.6 Å². The van der Waals surface area contributed by atoms with Gasteiger partial charge in [0, 0.05) is 34.2 Å². The average Bonchev–Trinajstić information content (AvgIpc) is 2.83. The molecule has 0 amide bonds. The van der Waals surface area contributed by atoms with Gasteiger partial charge in [0.2, 0.25) is 0 Å². The van der Waals surface area contributed by atoms with Gasteiger partial charge in [0.25, 0.3) is 0 Å². The smallest absolute Gasteiger partial charge is 0.125 e. The Hall–Kier alpha value is -1.61. The zero-order valence-electron chi connectivity index (χ0n) is 8.32. The number of nitrogens with zero attached hydrogens (tertiary/aromatic N) is 1. The second-order valence-electron chi connectivity index (χ2n) is 3.59. The van der Waals surface area contributed by atoms with Crippen molar-refractivity contribution in [2.75, 3.05) is 0 Å². The Kier molecular flexibility index (Phi) is 1.86. The summed E-state index contributed by atoms with van der Waals surface area (Å²) in [4.78, 5) is 7.61. The molecule has 15 heavy (non-hydrogen) atoms. The van der Waals surface area contributed by atoms with Crippen LogP contribution in [-0.4, -0.2) is 9.97 Å². The minimum atomic E-state index is 1.08. The van der Waals surface area contributed by atoms with E-state index >= 15 is 0 Å². The van der Waals surface area contributed by atoms with Crippen molar-refractivity contribution in [1.82, 2.24) is 9.97 Å². The molecule has 2 aromatic heterocycles. The summed E-state index contributed by atoms with van der Waals surface area (Å²) >= 11 is 1.67. The lowest BCUT2D eigenvalue weighted by Crippen LogP contribution is -1.74. The molecule has 0 aliphatic heterocycles. The van der Waals surface area contributed by atoms with Crippen LogP contribution in [0.1, 0.15) is 5.56 Å². The molecule has 0 saturated carbocycles. The van der Waals surface area contributed by atoms with E-state index in [9.17, 15) is 0 Å². The van der Waals surface area contributed by atoms with Gasteiger partial charge in [-0.15, -0.1) is 11.3 Å². The molecule has 0 aliphatic carbocycles. The Bertz CT molecular complexity index is 593. The summed E-state index contributed by atoms with van der Waals surface area (Å²) in [5, 5.41) is 4.33. The van der Waals surface area contributed by atoms with Crippen LogP contribution in [0.15, 0.2) is 36.0 Å². The number of thiazole rings is 1. The number of aromatic nitrogens is 2. The third kappa shape index (κ3) is 1.36. The number of rotatable bonds is 1. The molecule has 74 valence electrons. The number of benzene rings is 1. The van der Waals surface area contributed by atoms with Crippen LogP contribution >= 0.6 is 11.3 Å². The zero-order chi connectivity index (χ0) is 10.3. The molecule has 0 spiro atoms. The molecule has 0 saturated heterocycles. The van der Waals surface area contributed by atoms with Crippen LogP contribution in [0.3, 0.4) is 0 Å². The van der Waals surface area contributed by atoms with E-state index in [2.05, 4.69) is 35.1 Å². The van der Waals surface area contributed by atoms with Crippen molar-refractivity contribution in [3.63, 3.8) is 0 Å². The predicted molar refractivity (Wildman–Crippen MR) is 64.1 cm³/mol. The zero-order valence-corrected chi connectivity index (χ0v) is 9.14.